The summed E-state index contributed by atoms with van der Waals surface area (Å²) >= 11 is 1.58. The molecule has 0 spiro atoms. The van der Waals surface area contributed by atoms with E-state index in [1.807, 2.05) is 18.5 Å². The molecular formula is C13H16N2O2S. The molecule has 0 aliphatic rings. The first kappa shape index (κ1) is 12.9. The molecule has 0 saturated heterocycles. The first-order valence-corrected chi connectivity index (χ1v) is 6.53. The summed E-state index contributed by atoms with van der Waals surface area (Å²) in [6.45, 7) is 2.07. The predicted octanol–water partition coefficient (Wildman–Crippen LogP) is 2.80. The standard InChI is InChI=1S/C13H16N2O2S/c1-8(14-2)10-7-18-13(15-10)9-4-5-11(16)12(6-9)17-3/h4-8,14,16H,1-3H3. The van der Waals surface area contributed by atoms with Crippen LogP contribution >= 0.6 is 11.3 Å². The van der Waals surface area contributed by atoms with Crippen molar-refractivity contribution in [3.8, 4) is 22.1 Å². The van der Waals surface area contributed by atoms with Crippen LogP contribution in [-0.4, -0.2) is 24.2 Å². The third kappa shape index (κ3) is 2.47. The third-order valence-corrected chi connectivity index (χ3v) is 3.73. The molecule has 4 nitrogen and oxygen atoms in total. The molecule has 5 heteroatoms. The first-order chi connectivity index (χ1) is 8.65. The number of hydrogen-bond donors (Lipinski definition) is 2. The Hall–Kier alpha value is -1.59. The zero-order chi connectivity index (χ0) is 13.1. The summed E-state index contributed by atoms with van der Waals surface area (Å²) in [6, 6.07) is 5.48. The number of rotatable bonds is 4. The van der Waals surface area contributed by atoms with E-state index in [2.05, 4.69) is 17.2 Å². The lowest BCUT2D eigenvalue weighted by Crippen LogP contribution is -2.12. The Kier molecular flexibility index (Phi) is 3.84. The Labute approximate surface area is 110 Å². The van der Waals surface area contributed by atoms with Gasteiger partial charge in [-0.1, -0.05) is 0 Å². The van der Waals surface area contributed by atoms with Crippen LogP contribution in [0.5, 0.6) is 11.5 Å². The van der Waals surface area contributed by atoms with Crippen LogP contribution in [-0.2, 0) is 0 Å². The fourth-order valence-corrected chi connectivity index (χ4v) is 2.49. The average molecular weight is 264 g/mol. The van der Waals surface area contributed by atoms with E-state index >= 15 is 0 Å². The molecule has 0 fully saturated rings. The van der Waals surface area contributed by atoms with E-state index in [0.29, 0.717) is 5.75 Å². The van der Waals surface area contributed by atoms with Crippen LogP contribution in [0.3, 0.4) is 0 Å². The van der Waals surface area contributed by atoms with E-state index in [4.69, 9.17) is 4.74 Å². The summed E-state index contributed by atoms with van der Waals surface area (Å²) in [7, 11) is 3.45. The molecule has 0 aliphatic heterocycles. The number of methoxy groups -OCH3 is 1. The maximum Gasteiger partial charge on any atom is 0.161 e. The van der Waals surface area contributed by atoms with Crippen molar-refractivity contribution in [2.24, 2.45) is 0 Å². The van der Waals surface area contributed by atoms with Gasteiger partial charge in [0, 0.05) is 17.0 Å². The molecule has 2 N–H and O–H groups in total. The van der Waals surface area contributed by atoms with E-state index < -0.39 is 0 Å². The van der Waals surface area contributed by atoms with Gasteiger partial charge in [-0.15, -0.1) is 11.3 Å². The molecule has 0 saturated carbocycles. The van der Waals surface area contributed by atoms with Crippen LogP contribution in [0, 0.1) is 0 Å². The highest BCUT2D eigenvalue weighted by Gasteiger charge is 2.11. The fourth-order valence-electron chi connectivity index (χ4n) is 1.58. The second kappa shape index (κ2) is 5.37. The number of nitrogens with one attached hydrogen (secondary N) is 1. The van der Waals surface area contributed by atoms with Gasteiger partial charge in [0.1, 0.15) is 5.01 Å². The molecule has 0 aliphatic carbocycles. The second-order valence-electron chi connectivity index (χ2n) is 3.97. The highest BCUT2D eigenvalue weighted by Crippen LogP contribution is 2.33. The van der Waals surface area contributed by atoms with Gasteiger partial charge in [-0.05, 0) is 32.2 Å². The van der Waals surface area contributed by atoms with Gasteiger partial charge >= 0.3 is 0 Å². The number of thiazole rings is 1. The van der Waals surface area contributed by atoms with Crippen molar-refractivity contribution in [1.82, 2.24) is 10.3 Å². The molecule has 18 heavy (non-hydrogen) atoms. The van der Waals surface area contributed by atoms with Crippen molar-refractivity contribution in [2.75, 3.05) is 14.2 Å². The fraction of sp³-hybridized carbons (Fsp3) is 0.308. The summed E-state index contributed by atoms with van der Waals surface area (Å²) in [4.78, 5) is 4.58. The van der Waals surface area contributed by atoms with Gasteiger partial charge in [-0.2, -0.15) is 0 Å². The van der Waals surface area contributed by atoms with Gasteiger partial charge in [0.2, 0.25) is 0 Å². The Balaban J connectivity index is 2.34. The normalized spacial score (nSPS) is 12.4. The molecule has 0 amide bonds. The molecule has 2 rings (SSSR count). The third-order valence-electron chi connectivity index (χ3n) is 2.83. The molecule has 2 aromatic rings. The lowest BCUT2D eigenvalue weighted by atomic mass is 10.2. The van der Waals surface area contributed by atoms with Crippen LogP contribution in [0.2, 0.25) is 0 Å². The van der Waals surface area contributed by atoms with E-state index in [0.717, 1.165) is 16.3 Å². The van der Waals surface area contributed by atoms with Gasteiger partial charge in [0.05, 0.1) is 12.8 Å². The number of phenolic OH excluding ortho intramolecular Hbond substituents is 1. The lowest BCUT2D eigenvalue weighted by Gasteiger charge is -2.06. The largest absolute Gasteiger partial charge is 0.504 e. The van der Waals surface area contributed by atoms with Crippen LogP contribution < -0.4 is 10.1 Å². The predicted molar refractivity (Wildman–Crippen MR) is 73.2 cm³/mol. The first-order valence-electron chi connectivity index (χ1n) is 5.65. The van der Waals surface area contributed by atoms with Crippen molar-refractivity contribution < 1.29 is 9.84 Å². The van der Waals surface area contributed by atoms with E-state index in [-0.39, 0.29) is 11.8 Å². The van der Waals surface area contributed by atoms with Crippen LogP contribution in [0.25, 0.3) is 10.6 Å². The van der Waals surface area contributed by atoms with Gasteiger partial charge < -0.3 is 15.2 Å². The number of hydrogen-bond acceptors (Lipinski definition) is 5. The summed E-state index contributed by atoms with van der Waals surface area (Å²) in [6.07, 6.45) is 0. The van der Waals surface area contributed by atoms with Crippen molar-refractivity contribution in [2.45, 2.75) is 13.0 Å². The topological polar surface area (TPSA) is 54.4 Å². The van der Waals surface area contributed by atoms with Crippen molar-refractivity contribution >= 4 is 11.3 Å². The molecule has 1 heterocycles. The van der Waals surface area contributed by atoms with Gasteiger partial charge in [0.25, 0.3) is 0 Å². The van der Waals surface area contributed by atoms with Crippen molar-refractivity contribution in [3.05, 3.63) is 29.3 Å². The van der Waals surface area contributed by atoms with E-state index in [1.54, 1.807) is 23.5 Å². The number of ether oxygens (including phenoxy) is 1. The van der Waals surface area contributed by atoms with Crippen LogP contribution in [0.15, 0.2) is 23.6 Å². The Bertz CT molecular complexity index is 540. The van der Waals surface area contributed by atoms with Crippen molar-refractivity contribution in [1.29, 1.82) is 0 Å². The molecule has 96 valence electrons. The smallest absolute Gasteiger partial charge is 0.161 e. The van der Waals surface area contributed by atoms with Crippen molar-refractivity contribution in [3.63, 3.8) is 0 Å². The van der Waals surface area contributed by atoms with E-state index in [9.17, 15) is 5.11 Å². The highest BCUT2D eigenvalue weighted by molar-refractivity contribution is 7.13. The Morgan fingerprint density at radius 1 is 1.44 bits per heavy atom. The zero-order valence-electron chi connectivity index (χ0n) is 10.6. The zero-order valence-corrected chi connectivity index (χ0v) is 11.4. The number of nitrogens with zero attached hydrogens (tertiary/aromatic N) is 1. The summed E-state index contributed by atoms with van der Waals surface area (Å²) in [5.41, 5.74) is 1.97. The lowest BCUT2D eigenvalue weighted by molar-refractivity contribution is 0.373. The van der Waals surface area contributed by atoms with Gasteiger partial charge in [-0.25, -0.2) is 4.98 Å². The van der Waals surface area contributed by atoms with E-state index in [1.165, 1.54) is 7.11 Å². The molecule has 0 bridgehead atoms. The molecule has 1 aromatic heterocycles. The Morgan fingerprint density at radius 3 is 2.89 bits per heavy atom. The Morgan fingerprint density at radius 2 is 2.22 bits per heavy atom. The average Bonchev–Trinajstić information content (AvgIpc) is 2.88. The monoisotopic (exact) mass is 264 g/mol. The van der Waals surface area contributed by atoms with Gasteiger partial charge in [0.15, 0.2) is 11.5 Å². The molecular weight excluding hydrogens is 248 g/mol. The quantitative estimate of drug-likeness (QED) is 0.891. The van der Waals surface area contributed by atoms with Crippen LogP contribution in [0.4, 0.5) is 0 Å². The minimum atomic E-state index is 0.140. The summed E-state index contributed by atoms with van der Waals surface area (Å²) < 4.78 is 5.10. The van der Waals surface area contributed by atoms with Crippen LogP contribution in [0.1, 0.15) is 18.7 Å². The second-order valence-corrected chi connectivity index (χ2v) is 4.83. The number of phenols is 1. The maximum atomic E-state index is 9.56. The minimum Gasteiger partial charge on any atom is -0.504 e. The summed E-state index contributed by atoms with van der Waals surface area (Å²) in [5.74, 6) is 0.604. The highest BCUT2D eigenvalue weighted by atomic mass is 32.1. The maximum absolute atomic E-state index is 9.56. The number of benzene rings is 1. The minimum absolute atomic E-state index is 0.140. The molecule has 1 atom stereocenters. The molecule has 1 unspecified atom stereocenters. The SMILES string of the molecule is CNC(C)c1csc(-c2ccc(O)c(OC)c2)n1. The molecule has 0 radical (unpaired) electrons. The summed E-state index contributed by atoms with van der Waals surface area (Å²) in [5, 5.41) is 15.7. The number of aromatic hydroxyl groups is 1. The van der Waals surface area contributed by atoms with Gasteiger partial charge in [-0.3, -0.25) is 0 Å². The molecule has 1 aromatic carbocycles. The number of aromatic nitrogens is 1.